The zero-order chi connectivity index (χ0) is 15.2. The lowest BCUT2D eigenvalue weighted by Gasteiger charge is -2.21. The lowest BCUT2D eigenvalue weighted by molar-refractivity contribution is -0.766. The van der Waals surface area contributed by atoms with E-state index in [9.17, 15) is 9.90 Å². The number of nitrogens with zero attached hydrogens (tertiary/aromatic N) is 1. The second kappa shape index (κ2) is 5.03. The number of fused-ring (bicyclic) bond motifs is 1. The number of aliphatic hydroxyl groups excluding tert-OH is 1. The molecule has 0 spiro atoms. The van der Waals surface area contributed by atoms with Crippen molar-refractivity contribution < 1.29 is 28.7 Å². The van der Waals surface area contributed by atoms with E-state index in [1.807, 2.05) is 13.8 Å². The van der Waals surface area contributed by atoms with Crippen LogP contribution in [-0.4, -0.2) is 41.7 Å². The van der Waals surface area contributed by atoms with Gasteiger partial charge in [0.25, 0.3) is 12.1 Å². The lowest BCUT2D eigenvalue weighted by atomic mass is 10.1. The van der Waals surface area contributed by atoms with Crippen molar-refractivity contribution in [1.82, 2.24) is 0 Å². The minimum Gasteiger partial charge on any atom is -0.394 e. The summed E-state index contributed by atoms with van der Waals surface area (Å²) in [7, 11) is 0. The number of pyridine rings is 1. The van der Waals surface area contributed by atoms with Gasteiger partial charge in [-0.25, -0.2) is 0 Å². The molecular weight excluding hydrogens is 276 g/mol. The second-order valence-electron chi connectivity index (χ2n) is 5.72. The first-order valence-electron chi connectivity index (χ1n) is 6.84. The zero-order valence-electron chi connectivity index (χ0n) is 11.9. The van der Waals surface area contributed by atoms with Gasteiger partial charge < -0.3 is 25.1 Å². The Bertz CT molecular complexity index is 562. The molecule has 1 unspecified atom stereocenters. The number of amides is 1. The molecule has 7 nitrogen and oxygen atoms in total. The third-order valence-electron chi connectivity index (χ3n) is 3.71. The Morgan fingerprint density at radius 1 is 1.43 bits per heavy atom. The predicted octanol–water partition coefficient (Wildman–Crippen LogP) is -0.517. The summed E-state index contributed by atoms with van der Waals surface area (Å²) in [4.78, 5) is 11.3. The van der Waals surface area contributed by atoms with Gasteiger partial charge in [-0.05, 0) is 19.9 Å². The molecule has 0 aromatic carbocycles. The molecule has 1 aromatic rings. The fraction of sp³-hybridized carbons (Fsp3) is 0.571. The van der Waals surface area contributed by atoms with Crippen LogP contribution in [0.4, 0.5) is 0 Å². The summed E-state index contributed by atoms with van der Waals surface area (Å²) >= 11 is 0. The zero-order valence-corrected chi connectivity index (χ0v) is 11.9. The van der Waals surface area contributed by atoms with Crippen molar-refractivity contribution in [2.24, 2.45) is 5.73 Å². The van der Waals surface area contributed by atoms with Gasteiger partial charge in [0.1, 0.15) is 17.8 Å². The number of aromatic nitrogens is 1. The van der Waals surface area contributed by atoms with Crippen molar-refractivity contribution in [3.63, 3.8) is 0 Å². The largest absolute Gasteiger partial charge is 0.394 e. The highest BCUT2D eigenvalue weighted by molar-refractivity contribution is 5.92. The molecule has 2 aliphatic rings. The van der Waals surface area contributed by atoms with Crippen molar-refractivity contribution >= 4 is 5.91 Å². The highest BCUT2D eigenvalue weighted by Gasteiger charge is 2.58. The molecule has 7 heteroatoms. The highest BCUT2D eigenvalue weighted by Crippen LogP contribution is 2.40. The smallest absolute Gasteiger partial charge is 0.292 e. The molecular formula is C14H19N2O5+. The van der Waals surface area contributed by atoms with Crippen molar-refractivity contribution in [3.8, 4) is 0 Å². The van der Waals surface area contributed by atoms with Gasteiger partial charge >= 0.3 is 0 Å². The number of rotatable bonds is 3. The SMILES string of the molecule is CC1(C)OC2[C@@H](CO)O[C@@H]([n+]3cccc(C(N)=O)c3)[C@H]2O1. The number of ether oxygens (including phenoxy) is 3. The summed E-state index contributed by atoms with van der Waals surface area (Å²) in [6.45, 7) is 3.48. The monoisotopic (exact) mass is 295 g/mol. The number of hydrogen-bond acceptors (Lipinski definition) is 5. The van der Waals surface area contributed by atoms with Crippen LogP contribution in [0.2, 0.25) is 0 Å². The third-order valence-corrected chi connectivity index (χ3v) is 3.71. The lowest BCUT2D eigenvalue weighted by Crippen LogP contribution is -2.46. The van der Waals surface area contributed by atoms with E-state index >= 15 is 0 Å². The van der Waals surface area contributed by atoms with Crippen molar-refractivity contribution in [1.29, 1.82) is 0 Å². The Morgan fingerprint density at radius 2 is 2.14 bits per heavy atom. The standard InChI is InChI=1S/C14H18N2O5/c1-14(2)20-10-9(7-17)19-13(11(10)21-14)16-5-3-4-8(6-16)12(15)18/h3-6,9-11,13,17H,7H2,1-2H3,(H-,15,18)/p+1/t9-,10?,11+,13-/m1/s1. The van der Waals surface area contributed by atoms with E-state index in [1.165, 1.54) is 0 Å². The van der Waals surface area contributed by atoms with Crippen LogP contribution in [0, 0.1) is 0 Å². The number of nitrogens with two attached hydrogens (primary N) is 1. The number of carbonyl (C=O) groups excluding carboxylic acids is 1. The Kier molecular flexibility index (Phi) is 3.45. The van der Waals surface area contributed by atoms with Crippen molar-refractivity contribution in [2.75, 3.05) is 6.61 Å². The van der Waals surface area contributed by atoms with Gasteiger partial charge in [0.05, 0.1) is 6.61 Å². The predicted molar refractivity (Wildman–Crippen MR) is 70.0 cm³/mol. The number of hydrogen-bond donors (Lipinski definition) is 2. The maximum Gasteiger partial charge on any atom is 0.292 e. The normalized spacial score (nSPS) is 33.9. The quantitative estimate of drug-likeness (QED) is 0.732. The topological polar surface area (TPSA) is 94.9 Å². The minimum absolute atomic E-state index is 0.160. The minimum atomic E-state index is -0.730. The average Bonchev–Trinajstić information content (AvgIpc) is 2.91. The molecule has 2 aliphatic heterocycles. The van der Waals surface area contributed by atoms with Crippen LogP contribution in [0.15, 0.2) is 24.5 Å². The molecule has 114 valence electrons. The molecule has 1 amide bonds. The van der Waals surface area contributed by atoms with E-state index in [1.54, 1.807) is 29.1 Å². The van der Waals surface area contributed by atoms with Gasteiger partial charge in [0, 0.05) is 6.07 Å². The molecule has 0 bridgehead atoms. The summed E-state index contributed by atoms with van der Waals surface area (Å²) < 4.78 is 19.2. The van der Waals surface area contributed by atoms with E-state index in [0.29, 0.717) is 5.56 Å². The van der Waals surface area contributed by atoms with Crippen LogP contribution < -0.4 is 10.3 Å². The first-order chi connectivity index (χ1) is 9.91. The van der Waals surface area contributed by atoms with Gasteiger partial charge in [-0.15, -0.1) is 0 Å². The molecule has 0 saturated carbocycles. The Balaban J connectivity index is 1.92. The number of primary amides is 1. The van der Waals surface area contributed by atoms with Gasteiger partial charge in [-0.2, -0.15) is 4.57 Å². The maximum atomic E-state index is 11.3. The van der Waals surface area contributed by atoms with E-state index in [-0.39, 0.29) is 18.8 Å². The molecule has 2 fully saturated rings. The van der Waals surface area contributed by atoms with Gasteiger partial charge in [0.15, 0.2) is 24.3 Å². The number of carbonyl (C=O) groups is 1. The van der Waals surface area contributed by atoms with Crippen LogP contribution >= 0.6 is 0 Å². The van der Waals surface area contributed by atoms with Crippen LogP contribution in [-0.2, 0) is 14.2 Å². The van der Waals surface area contributed by atoms with Gasteiger partial charge in [-0.3, -0.25) is 4.79 Å². The highest BCUT2D eigenvalue weighted by atomic mass is 16.8. The van der Waals surface area contributed by atoms with Gasteiger partial charge in [0.2, 0.25) is 0 Å². The molecule has 21 heavy (non-hydrogen) atoms. The summed E-state index contributed by atoms with van der Waals surface area (Å²) in [5.74, 6) is -1.24. The Morgan fingerprint density at radius 3 is 2.81 bits per heavy atom. The van der Waals surface area contributed by atoms with E-state index in [2.05, 4.69) is 0 Å². The molecule has 0 radical (unpaired) electrons. The van der Waals surface area contributed by atoms with Crippen molar-refractivity contribution in [3.05, 3.63) is 30.1 Å². The van der Waals surface area contributed by atoms with E-state index in [4.69, 9.17) is 19.9 Å². The van der Waals surface area contributed by atoms with Crippen LogP contribution in [0.5, 0.6) is 0 Å². The summed E-state index contributed by atoms with van der Waals surface area (Å²) in [6.07, 6.45) is 1.73. The fourth-order valence-electron chi connectivity index (χ4n) is 2.84. The molecule has 3 heterocycles. The molecule has 1 aromatic heterocycles. The van der Waals surface area contributed by atoms with Crippen LogP contribution in [0.3, 0.4) is 0 Å². The maximum absolute atomic E-state index is 11.3. The van der Waals surface area contributed by atoms with E-state index in [0.717, 1.165) is 0 Å². The number of aliphatic hydroxyl groups is 1. The first kappa shape index (κ1) is 14.4. The van der Waals surface area contributed by atoms with Gasteiger partial charge in [-0.1, -0.05) is 0 Å². The Labute approximate surface area is 122 Å². The first-order valence-corrected chi connectivity index (χ1v) is 6.84. The van der Waals surface area contributed by atoms with Crippen LogP contribution in [0.1, 0.15) is 30.4 Å². The third kappa shape index (κ3) is 2.53. The second-order valence-corrected chi connectivity index (χ2v) is 5.72. The Hall–Kier alpha value is -1.54. The van der Waals surface area contributed by atoms with Crippen LogP contribution in [0.25, 0.3) is 0 Å². The fourth-order valence-corrected chi connectivity index (χ4v) is 2.84. The summed E-state index contributed by atoms with van der Waals surface area (Å²) in [6, 6.07) is 3.34. The molecule has 3 rings (SSSR count). The molecule has 3 N–H and O–H groups in total. The summed E-state index contributed by atoms with van der Waals surface area (Å²) in [5.41, 5.74) is 5.67. The average molecular weight is 295 g/mol. The summed E-state index contributed by atoms with van der Waals surface area (Å²) in [5, 5.41) is 9.45. The molecule has 0 aliphatic carbocycles. The molecule has 4 atom stereocenters. The van der Waals surface area contributed by atoms with Crippen molar-refractivity contribution in [2.45, 2.75) is 44.2 Å². The van der Waals surface area contributed by atoms with E-state index < -0.39 is 24.0 Å². The molecule has 2 saturated heterocycles.